The first-order valence-electron chi connectivity index (χ1n) is 8.03. The van der Waals surface area contributed by atoms with Crippen molar-refractivity contribution in [2.45, 2.75) is 43.7 Å². The van der Waals surface area contributed by atoms with Crippen molar-refractivity contribution < 1.29 is 32.6 Å². The Morgan fingerprint density at radius 2 is 1.96 bits per heavy atom. The van der Waals surface area contributed by atoms with E-state index in [1.54, 1.807) is 24.3 Å². The molecule has 0 saturated heterocycles. The first-order valence-corrected chi connectivity index (χ1v) is 8.03. The average molecular weight is 369 g/mol. The van der Waals surface area contributed by atoms with E-state index < -0.39 is 42.0 Å². The highest BCUT2D eigenvalue weighted by Crippen LogP contribution is 2.42. The van der Waals surface area contributed by atoms with Crippen LogP contribution in [-0.2, 0) is 16.8 Å². The summed E-state index contributed by atoms with van der Waals surface area (Å²) in [5.41, 5.74) is -1.98. The molecule has 0 aliphatic heterocycles. The van der Waals surface area contributed by atoms with E-state index >= 15 is 0 Å². The summed E-state index contributed by atoms with van der Waals surface area (Å²) in [6, 6.07) is 8.42. The van der Waals surface area contributed by atoms with Crippen molar-refractivity contribution in [2.75, 3.05) is 0 Å². The van der Waals surface area contributed by atoms with Crippen LogP contribution in [-0.4, -0.2) is 28.4 Å². The Bertz CT molecular complexity index is 817. The Kier molecular flexibility index (Phi) is 4.58. The molecule has 0 radical (unpaired) electrons. The molecule has 8 heteroatoms. The van der Waals surface area contributed by atoms with Crippen LogP contribution in [0.25, 0.3) is 0 Å². The number of benzene rings is 1. The lowest BCUT2D eigenvalue weighted by atomic mass is 9.94. The zero-order valence-electron chi connectivity index (χ0n) is 13.9. The zero-order chi connectivity index (χ0) is 19.1. The Morgan fingerprint density at radius 1 is 1.27 bits per heavy atom. The normalized spacial score (nSPS) is 21.9. The third-order valence-corrected chi connectivity index (χ3v) is 4.55. The smallest absolute Gasteiger partial charge is 0.425 e. The van der Waals surface area contributed by atoms with Crippen molar-refractivity contribution in [3.8, 4) is 0 Å². The fraction of sp³-hybridized carbons (Fsp3) is 0.389. The second-order valence-electron chi connectivity index (χ2n) is 6.46. The van der Waals surface area contributed by atoms with Gasteiger partial charge in [0, 0.05) is 6.42 Å². The minimum Gasteiger partial charge on any atom is -0.463 e. The van der Waals surface area contributed by atoms with Crippen LogP contribution >= 0.6 is 0 Å². The van der Waals surface area contributed by atoms with E-state index in [1.165, 1.54) is 13.0 Å². The van der Waals surface area contributed by atoms with Crippen LogP contribution in [0.3, 0.4) is 0 Å². The van der Waals surface area contributed by atoms with E-state index in [0.29, 0.717) is 12.0 Å². The van der Waals surface area contributed by atoms with Crippen molar-refractivity contribution in [3.63, 3.8) is 0 Å². The molecule has 5 nitrogen and oxygen atoms in total. The number of carbonyl (C=O) groups excluding carboxylic acids is 1. The molecule has 26 heavy (non-hydrogen) atoms. The number of rotatable bonds is 4. The van der Waals surface area contributed by atoms with Gasteiger partial charge in [0.05, 0.1) is 18.6 Å². The van der Waals surface area contributed by atoms with Crippen molar-refractivity contribution in [1.82, 2.24) is 5.32 Å². The monoisotopic (exact) mass is 369 g/mol. The Hall–Kier alpha value is -2.32. The molecule has 0 fully saturated rings. The van der Waals surface area contributed by atoms with Crippen LogP contribution in [0.4, 0.5) is 13.2 Å². The molecule has 3 N–H and O–H groups in total. The van der Waals surface area contributed by atoms with E-state index in [4.69, 9.17) is 4.42 Å². The van der Waals surface area contributed by atoms with Crippen LogP contribution in [0.15, 0.2) is 40.8 Å². The SMILES string of the molecule is Cc1ccc(C(O)(CC(=O)NC2c3ccccc3CC2O)C(F)(F)F)o1. The molecule has 140 valence electrons. The Balaban J connectivity index is 1.81. The molecule has 1 aromatic heterocycles. The van der Waals surface area contributed by atoms with Crippen molar-refractivity contribution in [2.24, 2.45) is 0 Å². The molecular weight excluding hydrogens is 351 g/mol. The number of fused-ring (bicyclic) bond motifs is 1. The van der Waals surface area contributed by atoms with E-state index in [9.17, 15) is 28.2 Å². The number of hydrogen-bond donors (Lipinski definition) is 3. The first-order chi connectivity index (χ1) is 12.1. The highest BCUT2D eigenvalue weighted by atomic mass is 19.4. The van der Waals surface area contributed by atoms with Gasteiger partial charge >= 0.3 is 6.18 Å². The maximum Gasteiger partial charge on any atom is 0.425 e. The number of aliphatic hydroxyl groups excluding tert-OH is 1. The Morgan fingerprint density at radius 3 is 2.58 bits per heavy atom. The van der Waals surface area contributed by atoms with Crippen molar-refractivity contribution in [1.29, 1.82) is 0 Å². The van der Waals surface area contributed by atoms with E-state index in [2.05, 4.69) is 5.32 Å². The van der Waals surface area contributed by atoms with E-state index in [-0.39, 0.29) is 5.76 Å². The number of aliphatic hydroxyl groups is 2. The van der Waals surface area contributed by atoms with Gasteiger partial charge in [0.25, 0.3) is 0 Å². The molecule has 1 heterocycles. The molecule has 0 saturated carbocycles. The topological polar surface area (TPSA) is 82.7 Å². The van der Waals surface area contributed by atoms with Crippen LogP contribution in [0.1, 0.15) is 35.1 Å². The summed E-state index contributed by atoms with van der Waals surface area (Å²) in [7, 11) is 0. The molecule has 0 bridgehead atoms. The standard InChI is InChI=1S/C18H18F3NO4/c1-10-6-7-14(26-10)17(25,18(19,20)21)9-15(24)22-16-12-5-3-2-4-11(12)8-13(16)23/h2-7,13,16,23,25H,8-9H2,1H3,(H,22,24). The van der Waals surface area contributed by atoms with E-state index in [1.807, 2.05) is 0 Å². The number of amides is 1. The molecular formula is C18H18F3NO4. The van der Waals surface area contributed by atoms with Gasteiger partial charge in [-0.05, 0) is 30.2 Å². The quantitative estimate of drug-likeness (QED) is 0.773. The zero-order valence-corrected chi connectivity index (χ0v) is 13.9. The van der Waals surface area contributed by atoms with Gasteiger partial charge in [0.15, 0.2) is 0 Å². The minimum absolute atomic E-state index is 0.184. The lowest BCUT2D eigenvalue weighted by Gasteiger charge is -2.29. The van der Waals surface area contributed by atoms with Gasteiger partial charge in [-0.3, -0.25) is 4.79 Å². The number of alkyl halides is 3. The molecule has 1 amide bonds. The van der Waals surface area contributed by atoms with Crippen LogP contribution in [0.2, 0.25) is 0 Å². The third-order valence-electron chi connectivity index (χ3n) is 4.55. The summed E-state index contributed by atoms with van der Waals surface area (Å²) < 4.78 is 45.3. The maximum absolute atomic E-state index is 13.4. The fourth-order valence-electron chi connectivity index (χ4n) is 3.19. The van der Waals surface area contributed by atoms with Gasteiger partial charge in [0.2, 0.25) is 11.5 Å². The second-order valence-corrected chi connectivity index (χ2v) is 6.46. The molecule has 1 aliphatic carbocycles. The summed E-state index contributed by atoms with van der Waals surface area (Å²) in [5, 5.41) is 22.7. The summed E-state index contributed by atoms with van der Waals surface area (Å²) in [4.78, 5) is 12.3. The number of nitrogens with one attached hydrogen (secondary N) is 1. The van der Waals surface area contributed by atoms with Gasteiger partial charge in [-0.1, -0.05) is 24.3 Å². The molecule has 1 aromatic carbocycles. The van der Waals surface area contributed by atoms with Crippen LogP contribution in [0, 0.1) is 6.92 Å². The van der Waals surface area contributed by atoms with Gasteiger partial charge in [0.1, 0.15) is 11.5 Å². The Labute approximate surface area is 147 Å². The van der Waals surface area contributed by atoms with Crippen molar-refractivity contribution in [3.05, 3.63) is 59.0 Å². The van der Waals surface area contributed by atoms with Gasteiger partial charge < -0.3 is 19.9 Å². The van der Waals surface area contributed by atoms with Crippen LogP contribution in [0.5, 0.6) is 0 Å². The largest absolute Gasteiger partial charge is 0.463 e. The highest BCUT2D eigenvalue weighted by molar-refractivity contribution is 5.78. The summed E-state index contributed by atoms with van der Waals surface area (Å²) >= 11 is 0. The number of hydrogen-bond acceptors (Lipinski definition) is 4. The lowest BCUT2D eigenvalue weighted by molar-refractivity contribution is -0.273. The molecule has 2 aromatic rings. The number of halogens is 3. The molecule has 3 unspecified atom stereocenters. The first kappa shape index (κ1) is 18.5. The summed E-state index contributed by atoms with van der Waals surface area (Å²) in [6.45, 7) is 1.44. The number of carbonyl (C=O) groups is 1. The molecule has 1 aliphatic rings. The predicted octanol–water partition coefficient (Wildman–Crippen LogP) is 2.50. The summed E-state index contributed by atoms with van der Waals surface area (Å²) in [6.07, 6.45) is -7.03. The predicted molar refractivity (Wildman–Crippen MR) is 85.1 cm³/mol. The van der Waals surface area contributed by atoms with E-state index in [0.717, 1.165) is 11.6 Å². The fourth-order valence-corrected chi connectivity index (χ4v) is 3.19. The van der Waals surface area contributed by atoms with Crippen molar-refractivity contribution >= 4 is 5.91 Å². The molecule has 3 rings (SSSR count). The lowest BCUT2D eigenvalue weighted by Crippen LogP contribution is -2.47. The van der Waals surface area contributed by atoms with Gasteiger partial charge in [-0.15, -0.1) is 0 Å². The second kappa shape index (κ2) is 6.44. The van der Waals surface area contributed by atoms with Gasteiger partial charge in [-0.25, -0.2) is 0 Å². The van der Waals surface area contributed by atoms with Gasteiger partial charge in [-0.2, -0.15) is 13.2 Å². The number of furan rings is 1. The average Bonchev–Trinajstić information content (AvgIpc) is 3.11. The third kappa shape index (κ3) is 3.22. The number of aryl methyl sites for hydroxylation is 1. The molecule has 3 atom stereocenters. The maximum atomic E-state index is 13.4. The highest BCUT2D eigenvalue weighted by Gasteiger charge is 2.58. The summed E-state index contributed by atoms with van der Waals surface area (Å²) in [5.74, 6) is -1.60. The minimum atomic E-state index is -5.11. The molecule has 0 spiro atoms. The van der Waals surface area contributed by atoms with Crippen LogP contribution < -0.4 is 5.32 Å².